The maximum Gasteiger partial charge on any atom is 0.458 e. The van der Waals surface area contributed by atoms with Gasteiger partial charge < -0.3 is 9.47 Å². The highest BCUT2D eigenvalue weighted by Gasteiger charge is 2.29. The van der Waals surface area contributed by atoms with Crippen LogP contribution in [0.4, 0.5) is 26.3 Å². The summed E-state index contributed by atoms with van der Waals surface area (Å²) in [6, 6.07) is 3.08. The highest BCUT2D eigenvalue weighted by molar-refractivity contribution is 5.86. The van der Waals surface area contributed by atoms with Crippen LogP contribution in [0.25, 0.3) is 10.8 Å². The third-order valence-electron chi connectivity index (χ3n) is 6.90. The Bertz CT molecular complexity index is 1180. The number of allylic oxidation sites excluding steroid dienone is 1. The number of halogens is 6. The Morgan fingerprint density at radius 1 is 1.00 bits per heavy atom. The summed E-state index contributed by atoms with van der Waals surface area (Å²) < 4.78 is 92.6. The second kappa shape index (κ2) is 11.3. The first kappa shape index (κ1) is 26.6. The molecule has 2 aromatic rings. The number of unbranched alkanes of at least 4 members (excludes halogenated alkanes) is 2. The van der Waals surface area contributed by atoms with Crippen LogP contribution in [0.2, 0.25) is 0 Å². The largest absolute Gasteiger partial charge is 0.458 e. The summed E-state index contributed by atoms with van der Waals surface area (Å²) in [7, 11) is 0. The van der Waals surface area contributed by atoms with Crippen LogP contribution in [-0.4, -0.2) is 19.4 Å². The number of ether oxygens (including phenoxy) is 2. The molecule has 0 amide bonds. The molecule has 1 aliphatic carbocycles. The van der Waals surface area contributed by atoms with Gasteiger partial charge in [0.15, 0.2) is 12.1 Å². The molecule has 8 heteroatoms. The van der Waals surface area contributed by atoms with Crippen LogP contribution in [0, 0.1) is 41.1 Å². The zero-order valence-electron chi connectivity index (χ0n) is 20.0. The Hall–Kier alpha value is -2.50. The van der Waals surface area contributed by atoms with Gasteiger partial charge in [0.2, 0.25) is 0 Å². The lowest BCUT2D eigenvalue weighted by Crippen LogP contribution is -2.29. The highest BCUT2D eigenvalue weighted by Crippen LogP contribution is 2.37. The average Bonchev–Trinajstić information content (AvgIpc) is 2.83. The SMILES string of the molecule is CCCCCC1CC=C(C2COC(c3cc(F)c4c(F)c(C#CC(F)(F)F)c(F)cc4c3)OC2)CC1. The molecule has 1 saturated heterocycles. The summed E-state index contributed by atoms with van der Waals surface area (Å²) in [5.74, 6) is -0.784. The van der Waals surface area contributed by atoms with Crippen LogP contribution in [0.1, 0.15) is 69.3 Å². The lowest BCUT2D eigenvalue weighted by Gasteiger charge is -2.33. The molecule has 0 saturated carbocycles. The van der Waals surface area contributed by atoms with E-state index in [4.69, 9.17) is 9.47 Å². The maximum absolute atomic E-state index is 14.8. The van der Waals surface area contributed by atoms with Gasteiger partial charge in [-0.05, 0) is 48.8 Å². The van der Waals surface area contributed by atoms with Gasteiger partial charge in [0, 0.05) is 17.4 Å². The van der Waals surface area contributed by atoms with Crippen molar-refractivity contribution in [1.82, 2.24) is 0 Å². The molecule has 1 heterocycles. The van der Waals surface area contributed by atoms with Crippen molar-refractivity contribution in [2.75, 3.05) is 13.2 Å². The quantitative estimate of drug-likeness (QED) is 0.169. The number of hydrogen-bond acceptors (Lipinski definition) is 2. The molecule has 4 rings (SSSR count). The maximum atomic E-state index is 14.8. The van der Waals surface area contributed by atoms with Gasteiger partial charge in [-0.3, -0.25) is 0 Å². The van der Waals surface area contributed by atoms with Crippen LogP contribution in [0.15, 0.2) is 29.8 Å². The lowest BCUT2D eigenvalue weighted by atomic mass is 9.82. The molecule has 1 unspecified atom stereocenters. The molecule has 36 heavy (non-hydrogen) atoms. The van der Waals surface area contributed by atoms with Crippen molar-refractivity contribution in [3.8, 4) is 11.8 Å². The molecule has 0 spiro atoms. The molecule has 2 nitrogen and oxygen atoms in total. The molecule has 0 radical (unpaired) electrons. The summed E-state index contributed by atoms with van der Waals surface area (Å²) >= 11 is 0. The van der Waals surface area contributed by atoms with E-state index in [1.165, 1.54) is 43.2 Å². The van der Waals surface area contributed by atoms with Gasteiger partial charge in [0.1, 0.15) is 11.6 Å². The van der Waals surface area contributed by atoms with E-state index in [1.54, 1.807) is 0 Å². The number of alkyl halides is 3. The Morgan fingerprint density at radius 2 is 1.75 bits per heavy atom. The highest BCUT2D eigenvalue weighted by atomic mass is 19.4. The second-order valence-electron chi connectivity index (χ2n) is 9.51. The second-order valence-corrected chi connectivity index (χ2v) is 9.51. The average molecular weight is 511 g/mol. The number of hydrogen-bond donors (Lipinski definition) is 0. The van der Waals surface area contributed by atoms with E-state index < -0.39 is 40.9 Å². The van der Waals surface area contributed by atoms with Crippen molar-refractivity contribution < 1.29 is 35.8 Å². The third kappa shape index (κ3) is 6.24. The summed E-state index contributed by atoms with van der Waals surface area (Å²) in [6.45, 7) is 2.96. The van der Waals surface area contributed by atoms with Gasteiger partial charge in [0.25, 0.3) is 0 Å². The predicted molar refractivity (Wildman–Crippen MR) is 124 cm³/mol. The molecule has 2 aliphatic rings. The number of rotatable bonds is 6. The van der Waals surface area contributed by atoms with E-state index in [0.717, 1.165) is 43.2 Å². The van der Waals surface area contributed by atoms with Crippen LogP contribution in [-0.2, 0) is 9.47 Å². The summed E-state index contributed by atoms with van der Waals surface area (Å²) in [5.41, 5.74) is 0.411. The normalized spacial score (nSPS) is 22.8. The fraction of sp³-hybridized carbons (Fsp3) is 0.500. The first-order valence-electron chi connectivity index (χ1n) is 12.3. The molecule has 0 aromatic heterocycles. The fourth-order valence-electron chi connectivity index (χ4n) is 4.95. The third-order valence-corrected chi connectivity index (χ3v) is 6.90. The predicted octanol–water partition coefficient (Wildman–Crippen LogP) is 8.14. The monoisotopic (exact) mass is 510 g/mol. The van der Waals surface area contributed by atoms with Crippen molar-refractivity contribution in [3.63, 3.8) is 0 Å². The molecule has 1 aliphatic heterocycles. The first-order chi connectivity index (χ1) is 17.2. The van der Waals surface area contributed by atoms with Crippen LogP contribution < -0.4 is 0 Å². The Kier molecular flexibility index (Phi) is 8.31. The summed E-state index contributed by atoms with van der Waals surface area (Å²) in [5, 5.41) is -0.794. The van der Waals surface area contributed by atoms with E-state index >= 15 is 0 Å². The molecule has 1 fully saturated rings. The van der Waals surface area contributed by atoms with Gasteiger partial charge in [-0.2, -0.15) is 13.2 Å². The van der Waals surface area contributed by atoms with E-state index in [-0.39, 0.29) is 16.9 Å². The van der Waals surface area contributed by atoms with Crippen molar-refractivity contribution in [2.24, 2.45) is 11.8 Å². The topological polar surface area (TPSA) is 18.5 Å². The minimum atomic E-state index is -4.94. The van der Waals surface area contributed by atoms with E-state index in [1.807, 2.05) is 0 Å². The Morgan fingerprint density at radius 3 is 2.39 bits per heavy atom. The zero-order chi connectivity index (χ0) is 25.9. The summed E-state index contributed by atoms with van der Waals surface area (Å²) in [4.78, 5) is 0. The van der Waals surface area contributed by atoms with Gasteiger partial charge in [0.05, 0.1) is 24.2 Å². The van der Waals surface area contributed by atoms with Gasteiger partial charge in [-0.15, -0.1) is 0 Å². The first-order valence-corrected chi connectivity index (χ1v) is 12.3. The van der Waals surface area contributed by atoms with Crippen molar-refractivity contribution in [3.05, 3.63) is 58.4 Å². The number of fused-ring (bicyclic) bond motifs is 1. The van der Waals surface area contributed by atoms with Gasteiger partial charge in [-0.25, -0.2) is 13.2 Å². The molecule has 194 valence electrons. The molecular formula is C28H28F6O2. The number of benzene rings is 2. The Balaban J connectivity index is 1.45. The molecule has 0 N–H and O–H groups in total. The van der Waals surface area contributed by atoms with E-state index in [0.29, 0.717) is 13.2 Å². The smallest absolute Gasteiger partial charge is 0.348 e. The van der Waals surface area contributed by atoms with E-state index in [9.17, 15) is 26.3 Å². The molecule has 2 aromatic carbocycles. The summed E-state index contributed by atoms with van der Waals surface area (Å²) in [6.07, 6.45) is 4.65. The molecule has 1 atom stereocenters. The zero-order valence-corrected chi connectivity index (χ0v) is 20.0. The minimum Gasteiger partial charge on any atom is -0.348 e. The van der Waals surface area contributed by atoms with Crippen LogP contribution >= 0.6 is 0 Å². The fourth-order valence-corrected chi connectivity index (χ4v) is 4.95. The minimum absolute atomic E-state index is 0.104. The molecule has 0 bridgehead atoms. The van der Waals surface area contributed by atoms with Gasteiger partial charge in [-0.1, -0.05) is 50.2 Å². The van der Waals surface area contributed by atoms with Crippen molar-refractivity contribution in [1.29, 1.82) is 0 Å². The van der Waals surface area contributed by atoms with Crippen molar-refractivity contribution in [2.45, 2.75) is 64.3 Å². The van der Waals surface area contributed by atoms with Crippen LogP contribution in [0.3, 0.4) is 0 Å². The standard InChI is InChI=1S/C28H28F6O2/c1-2-3-4-5-17-6-8-18(9-7-17)21-15-35-27(36-16-21)20-12-19-13-23(29)22(10-11-28(32,33)34)26(31)25(19)24(30)14-20/h8,12-14,17,21,27H,2-7,9,15-16H2,1H3. The lowest BCUT2D eigenvalue weighted by molar-refractivity contribution is -0.199. The van der Waals surface area contributed by atoms with E-state index in [2.05, 4.69) is 13.0 Å². The Labute approximate surface area is 206 Å². The van der Waals surface area contributed by atoms with Crippen LogP contribution in [0.5, 0.6) is 0 Å². The van der Waals surface area contributed by atoms with Crippen molar-refractivity contribution >= 4 is 10.8 Å². The molecular weight excluding hydrogens is 482 g/mol. The van der Waals surface area contributed by atoms with Gasteiger partial charge >= 0.3 is 6.18 Å².